The molecule has 3 rings (SSSR count). The smallest absolute Gasteiger partial charge is 0.0977 e. The highest BCUT2D eigenvalue weighted by molar-refractivity contribution is 7.99. The van der Waals surface area contributed by atoms with Crippen LogP contribution in [-0.2, 0) is 16.1 Å². The Morgan fingerprint density at radius 1 is 1.31 bits per heavy atom. The van der Waals surface area contributed by atoms with Gasteiger partial charge in [0.1, 0.15) is 0 Å². The fourth-order valence-electron chi connectivity index (χ4n) is 2.63. The maximum Gasteiger partial charge on any atom is 0.0977 e. The van der Waals surface area contributed by atoms with Crippen LogP contribution in [0, 0.1) is 13.8 Å². The van der Waals surface area contributed by atoms with Gasteiger partial charge < -0.3 is 0 Å². The topological polar surface area (TPSA) is 68.9 Å². The van der Waals surface area contributed by atoms with E-state index in [0.717, 1.165) is 37.6 Å². The Labute approximate surface area is 167 Å². The second-order valence-electron chi connectivity index (χ2n) is 5.88. The summed E-state index contributed by atoms with van der Waals surface area (Å²) < 4.78 is 12.1. The Balaban J connectivity index is 1.94. The van der Waals surface area contributed by atoms with Gasteiger partial charge in [0, 0.05) is 21.6 Å². The highest BCUT2D eigenvalue weighted by atomic mass is 32.2. The van der Waals surface area contributed by atoms with Gasteiger partial charge in [0.05, 0.1) is 36.0 Å². The van der Waals surface area contributed by atoms with Crippen LogP contribution in [-0.4, -0.2) is 25.8 Å². The lowest BCUT2D eigenvalue weighted by Crippen LogP contribution is -2.12. The number of nitrogens with two attached hydrogens (primary N) is 1. The summed E-state index contributed by atoms with van der Waals surface area (Å²) in [5.74, 6) is 4.57. The standard InChI is InChI=1S/C18H21N3OS4/c1-5-23-16-7-6-14(26(4,19)22)8-13(16)9-17-21-15(10-24-17)18-11(2)20-12(3)25-18/h6-8,10H,4-5,9H2,1-3H3,(H2,19,22). The minimum absolute atomic E-state index is 0.582. The highest BCUT2D eigenvalue weighted by Gasteiger charge is 2.14. The number of hydrogen-bond donors (Lipinski definition) is 1. The fraction of sp³-hybridized carbons (Fsp3) is 0.278. The highest BCUT2D eigenvalue weighted by Crippen LogP contribution is 2.32. The number of rotatable bonds is 6. The molecule has 0 spiro atoms. The molecular weight excluding hydrogens is 402 g/mol. The number of thioether (sulfide) groups is 1. The zero-order valence-corrected chi connectivity index (χ0v) is 18.2. The molecule has 1 aromatic carbocycles. The van der Waals surface area contributed by atoms with Crippen LogP contribution in [0.2, 0.25) is 0 Å². The van der Waals surface area contributed by atoms with E-state index in [2.05, 4.69) is 23.2 Å². The van der Waals surface area contributed by atoms with Gasteiger partial charge in [0.25, 0.3) is 0 Å². The van der Waals surface area contributed by atoms with Crippen molar-refractivity contribution >= 4 is 50.0 Å². The van der Waals surface area contributed by atoms with E-state index in [9.17, 15) is 4.21 Å². The second kappa shape index (κ2) is 7.82. The number of nitrogens with zero attached hydrogens (tertiary/aromatic N) is 2. The minimum Gasteiger partial charge on any atom is -0.256 e. The summed E-state index contributed by atoms with van der Waals surface area (Å²) in [6.45, 7) is 6.15. The van der Waals surface area contributed by atoms with Crippen LogP contribution in [0.3, 0.4) is 0 Å². The van der Waals surface area contributed by atoms with E-state index >= 15 is 0 Å². The van der Waals surface area contributed by atoms with Crippen molar-refractivity contribution in [1.82, 2.24) is 9.97 Å². The lowest BCUT2D eigenvalue weighted by molar-refractivity contribution is 0.682. The molecule has 2 heterocycles. The number of hydrogen-bond acceptors (Lipinski definition) is 6. The van der Waals surface area contributed by atoms with Crippen LogP contribution in [0.1, 0.15) is 28.2 Å². The molecule has 0 saturated heterocycles. The molecule has 0 saturated carbocycles. The van der Waals surface area contributed by atoms with Crippen LogP contribution in [0.15, 0.2) is 33.4 Å². The predicted molar refractivity (Wildman–Crippen MR) is 116 cm³/mol. The molecule has 2 N–H and O–H groups in total. The molecule has 3 aromatic rings. The number of aromatic nitrogens is 2. The van der Waals surface area contributed by atoms with E-state index in [1.807, 2.05) is 32.0 Å². The molecule has 1 atom stereocenters. The molecule has 0 fully saturated rings. The van der Waals surface area contributed by atoms with Gasteiger partial charge in [-0.1, -0.05) is 6.92 Å². The van der Waals surface area contributed by atoms with Crippen molar-refractivity contribution in [2.24, 2.45) is 5.14 Å². The quantitative estimate of drug-likeness (QED) is 0.467. The first-order valence-corrected chi connectivity index (χ1v) is 12.5. The van der Waals surface area contributed by atoms with Gasteiger partial charge in [-0.25, -0.2) is 14.2 Å². The number of thiazole rings is 2. The zero-order valence-electron chi connectivity index (χ0n) is 14.9. The molecule has 1 unspecified atom stereocenters. The summed E-state index contributed by atoms with van der Waals surface area (Å²) in [6.07, 6.45) is 0.688. The first kappa shape index (κ1) is 19.6. The van der Waals surface area contributed by atoms with Crippen molar-refractivity contribution in [2.75, 3.05) is 5.75 Å². The van der Waals surface area contributed by atoms with Gasteiger partial charge in [-0.15, -0.1) is 34.4 Å². The normalized spacial score (nSPS) is 13.7. The van der Waals surface area contributed by atoms with Crippen molar-refractivity contribution in [2.45, 2.75) is 37.0 Å². The van der Waals surface area contributed by atoms with E-state index < -0.39 is 9.71 Å². The summed E-state index contributed by atoms with van der Waals surface area (Å²) in [7, 11) is -2.72. The largest absolute Gasteiger partial charge is 0.256 e. The van der Waals surface area contributed by atoms with Crippen LogP contribution >= 0.6 is 34.4 Å². The minimum atomic E-state index is -2.72. The number of aryl methyl sites for hydroxylation is 2. The Hall–Kier alpha value is -1.19. The zero-order chi connectivity index (χ0) is 18.9. The van der Waals surface area contributed by atoms with E-state index in [0.29, 0.717) is 11.3 Å². The average molecular weight is 424 g/mol. The first-order chi connectivity index (χ1) is 12.3. The molecule has 8 heteroatoms. The Morgan fingerprint density at radius 3 is 2.69 bits per heavy atom. The lowest BCUT2D eigenvalue weighted by Gasteiger charge is -2.11. The summed E-state index contributed by atoms with van der Waals surface area (Å²) in [5, 5.41) is 9.89. The molecule has 0 radical (unpaired) electrons. The van der Waals surface area contributed by atoms with Crippen LogP contribution in [0.4, 0.5) is 0 Å². The predicted octanol–water partition coefficient (Wildman–Crippen LogP) is 4.54. The van der Waals surface area contributed by atoms with Gasteiger partial charge in [-0.2, -0.15) is 0 Å². The molecule has 0 aliphatic carbocycles. The lowest BCUT2D eigenvalue weighted by atomic mass is 10.1. The van der Waals surface area contributed by atoms with Gasteiger partial charge in [0.2, 0.25) is 0 Å². The fourth-order valence-corrected chi connectivity index (χ4v) is 5.83. The maximum absolute atomic E-state index is 12.1. The van der Waals surface area contributed by atoms with E-state index in [1.54, 1.807) is 34.4 Å². The molecule has 0 aliphatic rings. The molecule has 2 aromatic heterocycles. The van der Waals surface area contributed by atoms with Crippen molar-refractivity contribution in [3.63, 3.8) is 0 Å². The molecule has 4 nitrogen and oxygen atoms in total. The summed E-state index contributed by atoms with van der Waals surface area (Å²) in [5.41, 5.74) is 3.09. The Kier molecular flexibility index (Phi) is 5.88. The molecule has 0 bridgehead atoms. The molecule has 0 aliphatic heterocycles. The molecule has 0 amide bonds. The third-order valence-electron chi connectivity index (χ3n) is 3.76. The van der Waals surface area contributed by atoms with Crippen LogP contribution < -0.4 is 5.14 Å². The second-order valence-corrected chi connectivity index (χ2v) is 11.3. The van der Waals surface area contributed by atoms with Crippen molar-refractivity contribution in [3.8, 4) is 10.6 Å². The molecular formula is C18H21N3OS4. The van der Waals surface area contributed by atoms with Crippen molar-refractivity contribution in [1.29, 1.82) is 0 Å². The Morgan fingerprint density at radius 2 is 2.08 bits per heavy atom. The third-order valence-corrected chi connectivity index (χ3v) is 7.75. The first-order valence-electron chi connectivity index (χ1n) is 8.07. The third kappa shape index (κ3) is 4.37. The summed E-state index contributed by atoms with van der Waals surface area (Å²) >= 11 is 5.07. The van der Waals surface area contributed by atoms with Crippen molar-refractivity contribution < 1.29 is 4.21 Å². The van der Waals surface area contributed by atoms with Gasteiger partial charge >= 0.3 is 0 Å². The Bertz CT molecular complexity index is 1030. The summed E-state index contributed by atoms with van der Waals surface area (Å²) in [6, 6.07) is 5.71. The SMILES string of the molecule is C=S(N)(=O)c1ccc(SCC)c(Cc2nc(-c3sc(C)nc3C)cs2)c1. The van der Waals surface area contributed by atoms with Crippen LogP contribution in [0.25, 0.3) is 10.6 Å². The van der Waals surface area contributed by atoms with E-state index in [4.69, 9.17) is 10.1 Å². The van der Waals surface area contributed by atoms with Crippen LogP contribution in [0.5, 0.6) is 0 Å². The monoisotopic (exact) mass is 423 g/mol. The van der Waals surface area contributed by atoms with E-state index in [-0.39, 0.29) is 0 Å². The van der Waals surface area contributed by atoms with Gasteiger partial charge in [0.15, 0.2) is 0 Å². The van der Waals surface area contributed by atoms with Gasteiger partial charge in [-0.3, -0.25) is 5.14 Å². The summed E-state index contributed by atoms with van der Waals surface area (Å²) in [4.78, 5) is 12.2. The van der Waals surface area contributed by atoms with E-state index in [1.165, 1.54) is 4.90 Å². The number of benzene rings is 1. The molecule has 138 valence electrons. The molecule has 26 heavy (non-hydrogen) atoms. The average Bonchev–Trinajstić information content (AvgIpc) is 3.14. The van der Waals surface area contributed by atoms with Crippen molar-refractivity contribution in [3.05, 3.63) is 44.9 Å². The van der Waals surface area contributed by atoms with Gasteiger partial charge in [-0.05, 0) is 49.2 Å². The maximum atomic E-state index is 12.1.